The fourth-order valence-corrected chi connectivity index (χ4v) is 3.99. The van der Waals surface area contributed by atoms with Crippen LogP contribution in [0.2, 0.25) is 0 Å². The van der Waals surface area contributed by atoms with Gasteiger partial charge in [0.05, 0.1) is 28.8 Å². The van der Waals surface area contributed by atoms with Gasteiger partial charge < -0.3 is 35.5 Å². The highest BCUT2D eigenvalue weighted by atomic mass is 19.1. The fraction of sp³-hybridized carbons (Fsp3) is 0.444. The number of carboxylic acid groups (broad SMARTS) is 1. The molecule has 0 amide bonds. The first kappa shape index (κ1) is 18.4. The number of nitrogens with zero attached hydrogens (tertiary/aromatic N) is 2. The number of pyridine rings is 1. The average molecular weight is 392 g/mol. The monoisotopic (exact) mass is 392 g/mol. The van der Waals surface area contributed by atoms with E-state index in [4.69, 9.17) is 21.3 Å². The zero-order valence-electron chi connectivity index (χ0n) is 15.3. The lowest BCUT2D eigenvalue weighted by atomic mass is 10.1. The number of anilines is 2. The van der Waals surface area contributed by atoms with Crippen LogP contribution in [-0.2, 0) is 0 Å². The summed E-state index contributed by atoms with van der Waals surface area (Å²) in [6, 6.07) is -0.236. The van der Waals surface area contributed by atoms with Crippen molar-refractivity contribution in [1.82, 2.24) is 4.57 Å². The second kappa shape index (κ2) is 6.55. The molecule has 9 nitrogen and oxygen atoms in total. The lowest BCUT2D eigenvalue weighted by molar-refractivity contribution is 0.143. The molecule has 2 unspecified atom stereocenters. The number of benzene rings is 1. The standard InChI is InChI=1S/C18H21FN4O5/c1-8-7-27-17-14-11(16(24)10(6-23(8)14)28-18(25)26)13(21)12(19)15(17)22-3-2-9(4-20)5-22/h6,8-9H,2-5,7,20-21H2,1H3,(H,25,26). The number of nitrogens with two attached hydrogens (primary N) is 2. The summed E-state index contributed by atoms with van der Waals surface area (Å²) in [6.45, 7) is 3.71. The number of aromatic nitrogens is 1. The predicted molar refractivity (Wildman–Crippen MR) is 101 cm³/mol. The molecule has 10 heteroatoms. The maximum absolute atomic E-state index is 15.3. The molecular formula is C18H21FN4O5. The topological polar surface area (TPSA) is 133 Å². The predicted octanol–water partition coefficient (Wildman–Crippen LogP) is 1.52. The van der Waals surface area contributed by atoms with E-state index < -0.39 is 23.2 Å². The minimum absolute atomic E-state index is 0.142. The number of hydrogen-bond acceptors (Lipinski definition) is 7. The second-order valence-corrected chi connectivity index (χ2v) is 7.22. The number of carbonyl (C=O) groups is 1. The Kier molecular flexibility index (Phi) is 4.30. The van der Waals surface area contributed by atoms with Crippen LogP contribution in [0.3, 0.4) is 0 Å². The van der Waals surface area contributed by atoms with Crippen LogP contribution < -0.4 is 31.3 Å². The molecule has 0 bridgehead atoms. The summed E-state index contributed by atoms with van der Waals surface area (Å²) in [5.41, 5.74) is 11.2. The Morgan fingerprint density at radius 3 is 2.89 bits per heavy atom. The van der Waals surface area contributed by atoms with Gasteiger partial charge in [-0.3, -0.25) is 4.79 Å². The number of hydrogen-bond donors (Lipinski definition) is 3. The maximum atomic E-state index is 15.3. The van der Waals surface area contributed by atoms with Gasteiger partial charge in [-0.25, -0.2) is 9.18 Å². The fourth-order valence-electron chi connectivity index (χ4n) is 3.99. The molecule has 1 aromatic heterocycles. The Labute approximate surface area is 159 Å². The van der Waals surface area contributed by atoms with Crippen LogP contribution in [0.15, 0.2) is 11.0 Å². The van der Waals surface area contributed by atoms with Crippen molar-refractivity contribution in [3.8, 4) is 11.5 Å². The number of halogens is 1. The zero-order valence-corrected chi connectivity index (χ0v) is 15.3. The molecule has 2 aromatic rings. The van der Waals surface area contributed by atoms with Gasteiger partial charge in [0.25, 0.3) is 0 Å². The smallest absolute Gasteiger partial charge is 0.487 e. The van der Waals surface area contributed by atoms with Crippen molar-refractivity contribution < 1.29 is 23.8 Å². The highest BCUT2D eigenvalue weighted by molar-refractivity contribution is 6.01. The van der Waals surface area contributed by atoms with E-state index in [1.54, 1.807) is 4.57 Å². The number of ether oxygens (including phenoxy) is 2. The Bertz CT molecular complexity index is 1040. The summed E-state index contributed by atoms with van der Waals surface area (Å²) in [5, 5.41) is 8.76. The van der Waals surface area contributed by atoms with Crippen molar-refractivity contribution in [1.29, 1.82) is 0 Å². The molecule has 3 heterocycles. The largest absolute Gasteiger partial charge is 0.511 e. The SMILES string of the molecule is CC1COc2c(N3CCC(CN)C3)c(F)c(N)c3c(=O)c(OC(=O)O)cn1c23. The maximum Gasteiger partial charge on any atom is 0.511 e. The van der Waals surface area contributed by atoms with Gasteiger partial charge in [0.2, 0.25) is 5.43 Å². The van der Waals surface area contributed by atoms with Crippen LogP contribution in [0.5, 0.6) is 11.5 Å². The Morgan fingerprint density at radius 1 is 1.50 bits per heavy atom. The van der Waals surface area contributed by atoms with Crippen molar-refractivity contribution in [2.45, 2.75) is 19.4 Å². The lowest BCUT2D eigenvalue weighted by Gasteiger charge is -2.31. The van der Waals surface area contributed by atoms with Gasteiger partial charge in [-0.05, 0) is 25.8 Å². The Balaban J connectivity index is 2.02. The van der Waals surface area contributed by atoms with Gasteiger partial charge in [0.1, 0.15) is 12.3 Å². The van der Waals surface area contributed by atoms with Crippen LogP contribution in [0, 0.1) is 11.7 Å². The molecule has 2 aliphatic heterocycles. The summed E-state index contributed by atoms with van der Waals surface area (Å²) in [6.07, 6.45) is 0.496. The molecule has 1 fully saturated rings. The molecule has 5 N–H and O–H groups in total. The molecule has 0 spiro atoms. The molecular weight excluding hydrogens is 371 g/mol. The minimum Gasteiger partial charge on any atom is -0.487 e. The van der Waals surface area contributed by atoms with Crippen molar-refractivity contribution in [2.75, 3.05) is 36.9 Å². The summed E-state index contributed by atoms with van der Waals surface area (Å²) >= 11 is 0. The summed E-state index contributed by atoms with van der Waals surface area (Å²) in [4.78, 5) is 25.6. The van der Waals surface area contributed by atoms with Crippen LogP contribution in [0.1, 0.15) is 19.4 Å². The average Bonchev–Trinajstić information content (AvgIpc) is 3.12. The normalized spacial score (nSPS) is 21.0. The highest BCUT2D eigenvalue weighted by Crippen LogP contribution is 2.46. The molecule has 1 saturated heterocycles. The van der Waals surface area contributed by atoms with E-state index in [0.29, 0.717) is 25.2 Å². The third-order valence-electron chi connectivity index (χ3n) is 5.42. The van der Waals surface area contributed by atoms with E-state index in [0.717, 1.165) is 6.42 Å². The highest BCUT2D eigenvalue weighted by Gasteiger charge is 2.34. The van der Waals surface area contributed by atoms with Gasteiger partial charge in [-0.1, -0.05) is 0 Å². The first-order chi connectivity index (χ1) is 13.3. The van der Waals surface area contributed by atoms with Crippen molar-refractivity contribution in [3.05, 3.63) is 22.2 Å². The molecule has 28 heavy (non-hydrogen) atoms. The van der Waals surface area contributed by atoms with E-state index >= 15 is 4.39 Å². The van der Waals surface area contributed by atoms with E-state index in [2.05, 4.69) is 4.74 Å². The van der Waals surface area contributed by atoms with Gasteiger partial charge in [0.15, 0.2) is 17.3 Å². The second-order valence-electron chi connectivity index (χ2n) is 7.22. The third kappa shape index (κ3) is 2.63. The van der Waals surface area contributed by atoms with E-state index in [9.17, 15) is 9.59 Å². The van der Waals surface area contributed by atoms with Crippen LogP contribution >= 0.6 is 0 Å². The van der Waals surface area contributed by atoms with Crippen molar-refractivity contribution in [3.63, 3.8) is 0 Å². The van der Waals surface area contributed by atoms with Gasteiger partial charge in [-0.2, -0.15) is 0 Å². The molecule has 4 rings (SSSR count). The molecule has 0 radical (unpaired) electrons. The van der Waals surface area contributed by atoms with Crippen LogP contribution in [0.4, 0.5) is 20.6 Å². The molecule has 0 aliphatic carbocycles. The molecule has 1 aromatic carbocycles. The van der Waals surface area contributed by atoms with Crippen molar-refractivity contribution in [2.24, 2.45) is 11.7 Å². The first-order valence-corrected chi connectivity index (χ1v) is 9.01. The molecule has 0 saturated carbocycles. The lowest BCUT2D eigenvalue weighted by Crippen LogP contribution is -2.29. The number of nitrogen functional groups attached to an aromatic ring is 1. The zero-order chi connectivity index (χ0) is 20.2. The van der Waals surface area contributed by atoms with Gasteiger partial charge in [-0.15, -0.1) is 0 Å². The van der Waals surface area contributed by atoms with Gasteiger partial charge >= 0.3 is 6.16 Å². The van der Waals surface area contributed by atoms with E-state index in [1.807, 2.05) is 11.8 Å². The Morgan fingerprint density at radius 2 is 2.25 bits per heavy atom. The Hall–Kier alpha value is -3.01. The molecule has 2 atom stereocenters. The quantitative estimate of drug-likeness (QED) is 0.529. The molecule has 2 aliphatic rings. The third-order valence-corrected chi connectivity index (χ3v) is 5.42. The minimum atomic E-state index is -1.63. The van der Waals surface area contributed by atoms with Crippen LogP contribution in [0.25, 0.3) is 10.9 Å². The summed E-state index contributed by atoms with van der Waals surface area (Å²) in [5.74, 6) is -0.718. The molecule has 150 valence electrons. The number of rotatable bonds is 3. The van der Waals surface area contributed by atoms with Gasteiger partial charge in [0, 0.05) is 13.1 Å². The van der Waals surface area contributed by atoms with E-state index in [1.165, 1.54) is 6.20 Å². The summed E-state index contributed by atoms with van der Waals surface area (Å²) < 4.78 is 27.4. The van der Waals surface area contributed by atoms with Crippen LogP contribution in [-0.4, -0.2) is 42.1 Å². The first-order valence-electron chi connectivity index (χ1n) is 9.01. The van der Waals surface area contributed by atoms with E-state index in [-0.39, 0.29) is 41.1 Å². The van der Waals surface area contributed by atoms with Crippen molar-refractivity contribution >= 4 is 28.4 Å². The summed E-state index contributed by atoms with van der Waals surface area (Å²) in [7, 11) is 0.